The van der Waals surface area contributed by atoms with E-state index in [0.29, 0.717) is 44.1 Å². The number of rotatable bonds is 13. The third-order valence-corrected chi connectivity index (χ3v) is 9.37. The van der Waals surface area contributed by atoms with Gasteiger partial charge in [0, 0.05) is 62.5 Å². The fourth-order valence-corrected chi connectivity index (χ4v) is 6.64. The largest absolute Gasteiger partial charge is 0.505 e. The van der Waals surface area contributed by atoms with E-state index in [9.17, 15) is 29.4 Å². The number of hydrogen-bond acceptors (Lipinski definition) is 9. The van der Waals surface area contributed by atoms with Gasteiger partial charge in [0.15, 0.2) is 17.3 Å². The minimum absolute atomic E-state index is 0.0725. The summed E-state index contributed by atoms with van der Waals surface area (Å²) in [6, 6.07) is 21.8. The average Bonchev–Trinajstić information content (AvgIpc) is 3.16. The molecular weight excluding hydrogens is 632 g/mol. The van der Waals surface area contributed by atoms with Crippen molar-refractivity contribution in [1.29, 1.82) is 0 Å². The van der Waals surface area contributed by atoms with Crippen molar-refractivity contribution in [3.63, 3.8) is 0 Å². The highest BCUT2D eigenvalue weighted by atomic mass is 16.3. The van der Waals surface area contributed by atoms with E-state index in [4.69, 9.17) is 0 Å². The second-order valence-corrected chi connectivity index (χ2v) is 12.0. The highest BCUT2D eigenvalue weighted by Crippen LogP contribution is 2.35. The van der Waals surface area contributed by atoms with Crippen LogP contribution in [0.3, 0.4) is 0 Å². The molecule has 4 aromatic carbocycles. The Morgan fingerprint density at radius 3 is 1.52 bits per heavy atom. The second-order valence-electron chi connectivity index (χ2n) is 12.0. The van der Waals surface area contributed by atoms with E-state index >= 15 is 0 Å². The number of nitrogens with one attached hydrogen (secondary N) is 1. The van der Waals surface area contributed by atoms with Gasteiger partial charge in [-0.15, -0.1) is 0 Å². The molecule has 10 nitrogen and oxygen atoms in total. The molecule has 0 radical (unpaired) electrons. The summed E-state index contributed by atoms with van der Waals surface area (Å²) in [5, 5.41) is 25.5. The van der Waals surface area contributed by atoms with Gasteiger partial charge in [-0.05, 0) is 58.0 Å². The molecule has 50 heavy (non-hydrogen) atoms. The van der Waals surface area contributed by atoms with Gasteiger partial charge in [-0.1, -0.05) is 54.6 Å². The van der Waals surface area contributed by atoms with Gasteiger partial charge >= 0.3 is 0 Å². The van der Waals surface area contributed by atoms with Crippen molar-refractivity contribution in [2.24, 2.45) is 0 Å². The molecule has 1 unspecified atom stereocenters. The zero-order valence-corrected chi connectivity index (χ0v) is 29.0. The van der Waals surface area contributed by atoms with E-state index in [0.717, 1.165) is 0 Å². The van der Waals surface area contributed by atoms with Gasteiger partial charge in [0.1, 0.15) is 17.5 Å². The number of benzene rings is 4. The predicted molar refractivity (Wildman–Crippen MR) is 195 cm³/mol. The molecule has 1 heterocycles. The van der Waals surface area contributed by atoms with Crippen LogP contribution in [0.5, 0.6) is 11.5 Å². The molecule has 260 valence electrons. The van der Waals surface area contributed by atoms with Crippen molar-refractivity contribution in [2.75, 3.05) is 55.6 Å². The molecule has 1 aliphatic rings. The number of aromatic hydroxyl groups is 2. The molecule has 1 atom stereocenters. The quantitative estimate of drug-likeness (QED) is 0.156. The zero-order chi connectivity index (χ0) is 35.9. The van der Waals surface area contributed by atoms with Crippen LogP contribution in [0.15, 0.2) is 84.9 Å². The lowest BCUT2D eigenvalue weighted by molar-refractivity contribution is 0.0568. The molecule has 1 aliphatic heterocycles. The Kier molecular flexibility index (Phi) is 11.3. The van der Waals surface area contributed by atoms with Crippen LogP contribution in [0.25, 0.3) is 0 Å². The standard InChI is InChI=1S/C40H44N4O6/c1-5-42(6-2)32-21-13-19-30(38(32)48)35(45)26-15-9-10-16-27(26)37(47)34-25-41-23-24-44(34)40(50)29-18-12-11-17-28(29)36(46)31-20-14-22-33(39(31)49)43(7-3)8-4/h9-22,34,41,48-49H,5-8,23-25H2,1-4H3. The van der Waals surface area contributed by atoms with Crippen LogP contribution < -0.4 is 15.1 Å². The van der Waals surface area contributed by atoms with Gasteiger partial charge < -0.3 is 30.2 Å². The SMILES string of the molecule is CCN(CC)c1cccc(C(=O)c2ccccc2C(=O)C2CNCCN2C(=O)c2ccccc2C(=O)c2cccc(N(CC)CC)c2O)c1O. The first-order valence-corrected chi connectivity index (χ1v) is 17.1. The number of carbonyl (C=O) groups excluding carboxylic acids is 4. The number of para-hydroxylation sites is 2. The van der Waals surface area contributed by atoms with E-state index in [1.165, 1.54) is 17.0 Å². The average molecular weight is 677 g/mol. The van der Waals surface area contributed by atoms with Crippen LogP contribution >= 0.6 is 0 Å². The summed E-state index contributed by atoms with van der Waals surface area (Å²) < 4.78 is 0. The Labute approximate surface area is 292 Å². The van der Waals surface area contributed by atoms with E-state index in [2.05, 4.69) is 5.32 Å². The Balaban J connectivity index is 1.49. The Morgan fingerprint density at radius 2 is 1.04 bits per heavy atom. The molecule has 4 aromatic rings. The van der Waals surface area contributed by atoms with Gasteiger partial charge in [-0.3, -0.25) is 19.2 Å². The highest BCUT2D eigenvalue weighted by Gasteiger charge is 2.36. The Hall–Kier alpha value is -5.48. The summed E-state index contributed by atoms with van der Waals surface area (Å²) in [7, 11) is 0. The van der Waals surface area contributed by atoms with E-state index in [1.807, 2.05) is 37.5 Å². The fourth-order valence-electron chi connectivity index (χ4n) is 6.64. The summed E-state index contributed by atoms with van der Waals surface area (Å²) in [5.74, 6) is -2.29. The number of Topliss-reactive ketones (excluding diaryl/α,β-unsaturated/α-hetero) is 1. The first-order chi connectivity index (χ1) is 24.2. The van der Waals surface area contributed by atoms with Gasteiger partial charge in [0.2, 0.25) is 0 Å². The molecule has 0 aliphatic carbocycles. The molecule has 3 N–H and O–H groups in total. The maximum absolute atomic E-state index is 14.3. The number of amides is 1. The number of hydrogen-bond donors (Lipinski definition) is 3. The lowest BCUT2D eigenvalue weighted by Gasteiger charge is -2.36. The fraction of sp³-hybridized carbons (Fsp3) is 0.300. The molecule has 0 aromatic heterocycles. The topological polar surface area (TPSA) is 130 Å². The smallest absolute Gasteiger partial charge is 0.255 e. The van der Waals surface area contributed by atoms with Crippen molar-refractivity contribution < 1.29 is 29.4 Å². The van der Waals surface area contributed by atoms with Crippen LogP contribution in [0.2, 0.25) is 0 Å². The number of nitrogens with zero attached hydrogens (tertiary/aromatic N) is 3. The van der Waals surface area contributed by atoms with E-state index in [-0.39, 0.29) is 58.0 Å². The molecule has 0 spiro atoms. The van der Waals surface area contributed by atoms with Gasteiger partial charge in [0.05, 0.1) is 28.1 Å². The Bertz CT molecular complexity index is 1760. The van der Waals surface area contributed by atoms with Crippen LogP contribution in [0.1, 0.15) is 80.3 Å². The summed E-state index contributed by atoms with van der Waals surface area (Å²) in [5.41, 5.74) is 1.65. The molecule has 0 saturated carbocycles. The van der Waals surface area contributed by atoms with Crippen LogP contribution in [-0.2, 0) is 0 Å². The molecule has 1 saturated heterocycles. The minimum atomic E-state index is -0.983. The van der Waals surface area contributed by atoms with Crippen LogP contribution in [0, 0.1) is 0 Å². The second kappa shape index (κ2) is 15.8. The summed E-state index contributed by atoms with van der Waals surface area (Å²) in [4.78, 5) is 61.9. The van der Waals surface area contributed by atoms with Gasteiger partial charge in [0.25, 0.3) is 5.91 Å². The van der Waals surface area contributed by atoms with Crippen LogP contribution in [-0.4, -0.2) is 90.2 Å². The third-order valence-electron chi connectivity index (χ3n) is 9.37. The number of phenols is 2. The summed E-state index contributed by atoms with van der Waals surface area (Å²) in [6.45, 7) is 11.1. The lowest BCUT2D eigenvalue weighted by Crippen LogP contribution is -2.57. The molecule has 1 amide bonds. The van der Waals surface area contributed by atoms with Crippen LogP contribution in [0.4, 0.5) is 11.4 Å². The van der Waals surface area contributed by atoms with Crippen molar-refractivity contribution >= 4 is 34.6 Å². The number of piperazine rings is 1. The predicted octanol–water partition coefficient (Wildman–Crippen LogP) is 5.55. The molecule has 1 fully saturated rings. The lowest BCUT2D eigenvalue weighted by atomic mass is 9.91. The van der Waals surface area contributed by atoms with Gasteiger partial charge in [-0.25, -0.2) is 0 Å². The maximum Gasteiger partial charge on any atom is 0.255 e. The minimum Gasteiger partial charge on any atom is -0.505 e. The monoisotopic (exact) mass is 676 g/mol. The summed E-state index contributed by atoms with van der Waals surface area (Å²) in [6.07, 6.45) is 0. The van der Waals surface area contributed by atoms with E-state index < -0.39 is 29.3 Å². The summed E-state index contributed by atoms with van der Waals surface area (Å²) >= 11 is 0. The first-order valence-electron chi connectivity index (χ1n) is 17.1. The molecule has 10 heteroatoms. The molecular formula is C40H44N4O6. The van der Waals surface area contributed by atoms with Crippen molar-refractivity contribution in [1.82, 2.24) is 10.2 Å². The van der Waals surface area contributed by atoms with E-state index in [1.54, 1.807) is 72.8 Å². The van der Waals surface area contributed by atoms with Crippen molar-refractivity contribution in [2.45, 2.75) is 33.7 Å². The first kappa shape index (κ1) is 35.8. The van der Waals surface area contributed by atoms with Gasteiger partial charge in [-0.2, -0.15) is 0 Å². The number of phenolic OH excluding ortho intramolecular Hbond substituents is 2. The highest BCUT2D eigenvalue weighted by molar-refractivity contribution is 6.20. The number of carbonyl (C=O) groups is 4. The molecule has 0 bridgehead atoms. The third kappa shape index (κ3) is 6.84. The normalized spacial score (nSPS) is 14.2. The Morgan fingerprint density at radius 1 is 0.620 bits per heavy atom. The number of ketones is 3. The zero-order valence-electron chi connectivity index (χ0n) is 29.0. The van der Waals surface area contributed by atoms with Crippen molar-refractivity contribution in [3.05, 3.63) is 118 Å². The maximum atomic E-state index is 14.3. The number of anilines is 2. The van der Waals surface area contributed by atoms with Crippen molar-refractivity contribution in [3.8, 4) is 11.5 Å². The molecule has 5 rings (SSSR count).